The molecule has 0 radical (unpaired) electrons. The van der Waals surface area contributed by atoms with Crippen molar-refractivity contribution in [3.8, 4) is 0 Å². The van der Waals surface area contributed by atoms with Crippen molar-refractivity contribution in [3.05, 3.63) is 46.6 Å². The van der Waals surface area contributed by atoms with E-state index in [0.29, 0.717) is 23.6 Å². The maximum atomic E-state index is 14.0. The maximum absolute atomic E-state index is 14.0. The van der Waals surface area contributed by atoms with Gasteiger partial charge in [-0.1, -0.05) is 5.16 Å². The van der Waals surface area contributed by atoms with Gasteiger partial charge in [-0.25, -0.2) is 4.39 Å². The Labute approximate surface area is 129 Å². The summed E-state index contributed by atoms with van der Waals surface area (Å²) in [5, 5.41) is 3.87. The molecule has 0 aliphatic carbocycles. The molecule has 2 rings (SSSR count). The predicted molar refractivity (Wildman–Crippen MR) is 82.5 cm³/mol. The monoisotopic (exact) mass is 305 g/mol. The highest BCUT2D eigenvalue weighted by molar-refractivity contribution is 5.94. The number of rotatable bonds is 4. The van der Waals surface area contributed by atoms with E-state index in [0.717, 1.165) is 11.3 Å². The van der Waals surface area contributed by atoms with E-state index in [1.54, 1.807) is 45.1 Å². The average molecular weight is 305 g/mol. The number of carbonyl (C=O) groups is 1. The van der Waals surface area contributed by atoms with Gasteiger partial charge in [0.05, 0.1) is 17.9 Å². The first-order chi connectivity index (χ1) is 10.3. The molecule has 2 aromatic rings. The van der Waals surface area contributed by atoms with Crippen molar-refractivity contribution in [2.75, 3.05) is 26.0 Å². The third kappa shape index (κ3) is 3.10. The Morgan fingerprint density at radius 1 is 1.27 bits per heavy atom. The quantitative estimate of drug-likeness (QED) is 0.871. The van der Waals surface area contributed by atoms with E-state index in [2.05, 4.69) is 5.16 Å². The zero-order chi connectivity index (χ0) is 16.4. The van der Waals surface area contributed by atoms with Crippen LogP contribution in [0.3, 0.4) is 0 Å². The second-order valence-electron chi connectivity index (χ2n) is 5.52. The topological polar surface area (TPSA) is 49.6 Å². The molecule has 6 heteroatoms. The van der Waals surface area contributed by atoms with Crippen LogP contribution in [0.5, 0.6) is 0 Å². The largest absolute Gasteiger partial charge is 0.375 e. The summed E-state index contributed by atoms with van der Waals surface area (Å²) in [6.07, 6.45) is 0. The molecule has 118 valence electrons. The van der Waals surface area contributed by atoms with Crippen molar-refractivity contribution in [3.63, 3.8) is 0 Å². The van der Waals surface area contributed by atoms with Crippen molar-refractivity contribution in [1.82, 2.24) is 10.1 Å². The fourth-order valence-electron chi connectivity index (χ4n) is 2.26. The zero-order valence-corrected chi connectivity index (χ0v) is 13.5. The maximum Gasteiger partial charge on any atom is 0.254 e. The molecule has 0 spiro atoms. The number of hydrogen-bond donors (Lipinski definition) is 0. The van der Waals surface area contributed by atoms with Gasteiger partial charge in [-0.2, -0.15) is 0 Å². The van der Waals surface area contributed by atoms with E-state index in [-0.39, 0.29) is 5.91 Å². The Bertz CT molecular complexity index is 675. The minimum Gasteiger partial charge on any atom is -0.375 e. The fraction of sp³-hybridized carbons (Fsp3) is 0.375. The molecule has 1 aromatic carbocycles. The van der Waals surface area contributed by atoms with E-state index < -0.39 is 5.82 Å². The number of aromatic nitrogens is 1. The number of halogens is 1. The molecule has 0 aliphatic heterocycles. The first kappa shape index (κ1) is 16.0. The Morgan fingerprint density at radius 2 is 1.95 bits per heavy atom. The lowest BCUT2D eigenvalue weighted by Crippen LogP contribution is -2.27. The van der Waals surface area contributed by atoms with Crippen molar-refractivity contribution in [2.45, 2.75) is 20.4 Å². The number of carbonyl (C=O) groups excluding carboxylic acids is 1. The molecule has 5 nitrogen and oxygen atoms in total. The highest BCUT2D eigenvalue weighted by Crippen LogP contribution is 2.20. The van der Waals surface area contributed by atoms with Gasteiger partial charge < -0.3 is 14.3 Å². The van der Waals surface area contributed by atoms with Crippen LogP contribution in [0.2, 0.25) is 0 Å². The van der Waals surface area contributed by atoms with E-state index in [1.807, 2.05) is 6.92 Å². The smallest absolute Gasteiger partial charge is 0.254 e. The van der Waals surface area contributed by atoms with Gasteiger partial charge >= 0.3 is 0 Å². The summed E-state index contributed by atoms with van der Waals surface area (Å²) < 4.78 is 19.1. The van der Waals surface area contributed by atoms with Crippen LogP contribution in [-0.2, 0) is 6.54 Å². The van der Waals surface area contributed by atoms with Crippen molar-refractivity contribution in [2.24, 2.45) is 0 Å². The van der Waals surface area contributed by atoms with E-state index in [1.165, 1.54) is 11.0 Å². The molecule has 1 aromatic heterocycles. The minimum atomic E-state index is -0.415. The van der Waals surface area contributed by atoms with Gasteiger partial charge in [-0.05, 0) is 32.0 Å². The van der Waals surface area contributed by atoms with Gasteiger partial charge in [0.25, 0.3) is 5.91 Å². The first-order valence-electron chi connectivity index (χ1n) is 6.95. The molecular formula is C16H20FN3O2. The normalized spacial score (nSPS) is 10.6. The lowest BCUT2D eigenvalue weighted by molar-refractivity contribution is 0.0784. The third-order valence-corrected chi connectivity index (χ3v) is 3.60. The number of hydrogen-bond acceptors (Lipinski definition) is 4. The van der Waals surface area contributed by atoms with Crippen LogP contribution >= 0.6 is 0 Å². The SMILES string of the molecule is Cc1noc(C)c1CN(C)C(=O)c1ccc(N(C)C)c(F)c1. The molecule has 0 saturated heterocycles. The van der Waals surface area contributed by atoms with E-state index in [9.17, 15) is 9.18 Å². The standard InChI is InChI=1S/C16H20FN3O2/c1-10-13(11(2)22-18-10)9-20(5)16(21)12-6-7-15(19(3)4)14(17)8-12/h6-8H,9H2,1-5H3. The molecule has 0 aliphatic rings. The van der Waals surface area contributed by atoms with Crippen LogP contribution < -0.4 is 4.90 Å². The van der Waals surface area contributed by atoms with Crippen molar-refractivity contribution >= 4 is 11.6 Å². The van der Waals surface area contributed by atoms with Gasteiger partial charge in [0.2, 0.25) is 0 Å². The van der Waals surface area contributed by atoms with Gasteiger partial charge in [-0.15, -0.1) is 0 Å². The average Bonchev–Trinajstić information content (AvgIpc) is 2.77. The van der Waals surface area contributed by atoms with E-state index >= 15 is 0 Å². The lowest BCUT2D eigenvalue weighted by Gasteiger charge is -2.18. The first-order valence-corrected chi connectivity index (χ1v) is 6.95. The van der Waals surface area contributed by atoms with Crippen LogP contribution in [0, 0.1) is 19.7 Å². The Morgan fingerprint density at radius 3 is 2.45 bits per heavy atom. The second kappa shape index (κ2) is 6.17. The predicted octanol–water partition coefficient (Wildman–Crippen LogP) is 2.77. The number of nitrogens with zero attached hydrogens (tertiary/aromatic N) is 3. The Kier molecular flexibility index (Phi) is 4.49. The summed E-state index contributed by atoms with van der Waals surface area (Å²) in [7, 11) is 5.18. The van der Waals surface area contributed by atoms with Crippen LogP contribution in [0.25, 0.3) is 0 Å². The summed E-state index contributed by atoms with van der Waals surface area (Å²) in [4.78, 5) is 15.6. The lowest BCUT2D eigenvalue weighted by atomic mass is 10.1. The molecule has 22 heavy (non-hydrogen) atoms. The molecule has 0 fully saturated rings. The molecule has 1 heterocycles. The van der Waals surface area contributed by atoms with Crippen LogP contribution in [0.4, 0.5) is 10.1 Å². The number of amides is 1. The van der Waals surface area contributed by atoms with Crippen molar-refractivity contribution < 1.29 is 13.7 Å². The number of anilines is 1. The highest BCUT2D eigenvalue weighted by Gasteiger charge is 2.18. The van der Waals surface area contributed by atoms with Gasteiger partial charge in [0, 0.05) is 32.3 Å². The summed E-state index contributed by atoms with van der Waals surface area (Å²) >= 11 is 0. The summed E-state index contributed by atoms with van der Waals surface area (Å²) in [5.41, 5.74) is 2.40. The van der Waals surface area contributed by atoms with Gasteiger partial charge in [-0.3, -0.25) is 4.79 Å². The molecular weight excluding hydrogens is 285 g/mol. The molecule has 0 saturated carbocycles. The highest BCUT2D eigenvalue weighted by atomic mass is 19.1. The van der Waals surface area contributed by atoms with Crippen LogP contribution in [0.1, 0.15) is 27.4 Å². The third-order valence-electron chi connectivity index (χ3n) is 3.60. The molecule has 1 amide bonds. The molecule has 0 atom stereocenters. The van der Waals surface area contributed by atoms with Gasteiger partial charge in [0.15, 0.2) is 0 Å². The fourth-order valence-corrected chi connectivity index (χ4v) is 2.26. The second-order valence-corrected chi connectivity index (χ2v) is 5.52. The summed E-state index contributed by atoms with van der Waals surface area (Å²) in [6.45, 7) is 4.01. The number of benzene rings is 1. The van der Waals surface area contributed by atoms with E-state index in [4.69, 9.17) is 4.52 Å². The Balaban J connectivity index is 2.19. The number of aryl methyl sites for hydroxylation is 2. The summed E-state index contributed by atoms with van der Waals surface area (Å²) in [6, 6.07) is 4.50. The van der Waals surface area contributed by atoms with Gasteiger partial charge in [0.1, 0.15) is 11.6 Å². The molecule has 0 N–H and O–H groups in total. The van der Waals surface area contributed by atoms with Crippen LogP contribution in [0.15, 0.2) is 22.7 Å². The van der Waals surface area contributed by atoms with Crippen LogP contribution in [-0.4, -0.2) is 37.1 Å². The molecule has 0 unspecified atom stereocenters. The molecule has 0 bridgehead atoms. The zero-order valence-electron chi connectivity index (χ0n) is 13.5. The summed E-state index contributed by atoms with van der Waals surface area (Å²) in [5.74, 6) is 0.0251. The van der Waals surface area contributed by atoms with Crippen molar-refractivity contribution in [1.29, 1.82) is 0 Å². The minimum absolute atomic E-state index is 0.246. The Hall–Kier alpha value is -2.37.